The Morgan fingerprint density at radius 3 is 1.27 bits per heavy atom. The number of rotatable bonds is 54. The average Bonchev–Trinajstić information content (AvgIpc) is 3.32. The quantitative estimate of drug-likeness (QED) is 0.0272. The minimum absolute atomic E-state index is 0.0110. The lowest BCUT2D eigenvalue weighted by molar-refractivity contribution is -0.870. The molecule has 8 nitrogen and oxygen atoms in total. The van der Waals surface area contributed by atoms with E-state index in [1.807, 2.05) is 21.1 Å². The molecule has 3 atom stereocenters. The van der Waals surface area contributed by atoms with Crippen LogP contribution in [0.15, 0.2) is 60.8 Å². The van der Waals surface area contributed by atoms with Crippen LogP contribution in [0, 0.1) is 0 Å². The first kappa shape index (κ1) is 68.2. The maximum atomic E-state index is 13.0. The Hall–Kier alpha value is -1.80. The number of amides is 1. The minimum atomic E-state index is -4.58. The molecule has 0 saturated heterocycles. The van der Waals surface area contributed by atoms with E-state index < -0.39 is 20.0 Å². The molecule has 410 valence electrons. The van der Waals surface area contributed by atoms with Crippen molar-refractivity contribution in [3.63, 3.8) is 0 Å². The Labute approximate surface area is 434 Å². The number of carbonyl (C=O) groups is 1. The highest BCUT2D eigenvalue weighted by molar-refractivity contribution is 7.45. The fourth-order valence-electron chi connectivity index (χ4n) is 8.66. The van der Waals surface area contributed by atoms with E-state index in [1.54, 1.807) is 0 Å². The highest BCUT2D eigenvalue weighted by Crippen LogP contribution is 2.38. The minimum Gasteiger partial charge on any atom is -0.756 e. The number of nitrogens with zero attached hydrogens (tertiary/aromatic N) is 1. The monoisotopic (exact) mass is 1000 g/mol. The van der Waals surface area contributed by atoms with E-state index >= 15 is 0 Å². The summed E-state index contributed by atoms with van der Waals surface area (Å²) in [7, 11) is 1.31. The average molecular weight is 1000 g/mol. The summed E-state index contributed by atoms with van der Waals surface area (Å²) in [5.41, 5.74) is 0. The zero-order valence-electron chi connectivity index (χ0n) is 46.7. The second kappa shape index (κ2) is 52.1. The standard InChI is InChI=1S/C61H115N2O6P/c1-6-8-10-12-14-16-18-20-22-24-26-27-28-29-30-31-32-33-34-35-37-39-41-43-45-47-49-51-53-55-61(65)62-59(58-69-70(66,67)68-57-56-63(3,4)5)60(64)54-52-50-48-46-44-42-40-38-36-25-23-21-19-17-15-13-11-9-7-2/h8,10,14,16,20,22,26-27,29-30,59-60,64H,6-7,9,11-13,15,17-19,21,23-25,28,31-58H2,1-5H3,(H-,62,65,66,67)/b10-8-,16-14-,22-20-,27-26-,30-29-. The van der Waals surface area contributed by atoms with Gasteiger partial charge in [-0.1, -0.05) is 267 Å². The molecule has 9 heteroatoms. The Morgan fingerprint density at radius 2 is 0.871 bits per heavy atom. The summed E-state index contributed by atoms with van der Waals surface area (Å²) in [5.74, 6) is -0.165. The summed E-state index contributed by atoms with van der Waals surface area (Å²) in [4.78, 5) is 25.6. The first-order valence-electron chi connectivity index (χ1n) is 29.6. The normalized spacial score (nSPS) is 14.3. The van der Waals surface area contributed by atoms with Gasteiger partial charge in [0, 0.05) is 6.42 Å². The molecule has 0 aliphatic carbocycles. The summed E-state index contributed by atoms with van der Waals surface area (Å²) in [6, 6.07) is -0.804. The smallest absolute Gasteiger partial charge is 0.268 e. The molecule has 2 N–H and O–H groups in total. The van der Waals surface area contributed by atoms with E-state index in [4.69, 9.17) is 9.05 Å². The number of phosphoric ester groups is 1. The van der Waals surface area contributed by atoms with Gasteiger partial charge in [-0.25, -0.2) is 0 Å². The number of hydrogen-bond acceptors (Lipinski definition) is 6. The molecule has 0 bridgehead atoms. The molecule has 1 amide bonds. The highest BCUT2D eigenvalue weighted by atomic mass is 31.2. The maximum Gasteiger partial charge on any atom is 0.268 e. The van der Waals surface area contributed by atoms with Gasteiger partial charge in [-0.15, -0.1) is 0 Å². The van der Waals surface area contributed by atoms with E-state index in [2.05, 4.69) is 79.9 Å². The number of phosphoric acid groups is 1. The molecule has 3 unspecified atom stereocenters. The lowest BCUT2D eigenvalue weighted by atomic mass is 10.0. The zero-order valence-corrected chi connectivity index (χ0v) is 47.6. The molecule has 0 saturated carbocycles. The van der Waals surface area contributed by atoms with Gasteiger partial charge < -0.3 is 28.8 Å². The number of hydrogen-bond donors (Lipinski definition) is 2. The molecule has 0 fully saturated rings. The van der Waals surface area contributed by atoms with Crippen LogP contribution in [-0.4, -0.2) is 68.5 Å². The molecule has 0 aromatic heterocycles. The number of aliphatic hydroxyl groups is 1. The van der Waals surface area contributed by atoms with Crippen LogP contribution in [0.5, 0.6) is 0 Å². The van der Waals surface area contributed by atoms with Crippen LogP contribution in [0.1, 0.15) is 271 Å². The lowest BCUT2D eigenvalue weighted by Gasteiger charge is -2.30. The van der Waals surface area contributed by atoms with E-state index in [9.17, 15) is 19.4 Å². The van der Waals surface area contributed by atoms with Gasteiger partial charge in [-0.3, -0.25) is 9.36 Å². The first-order valence-corrected chi connectivity index (χ1v) is 31.1. The van der Waals surface area contributed by atoms with Crippen LogP contribution in [0.2, 0.25) is 0 Å². The van der Waals surface area contributed by atoms with Crippen molar-refractivity contribution in [1.29, 1.82) is 0 Å². The predicted octanol–water partition coefficient (Wildman–Crippen LogP) is 17.5. The van der Waals surface area contributed by atoms with Crippen molar-refractivity contribution in [2.24, 2.45) is 0 Å². The maximum absolute atomic E-state index is 13.0. The fourth-order valence-corrected chi connectivity index (χ4v) is 9.38. The molecule has 0 aromatic carbocycles. The van der Waals surface area contributed by atoms with Crippen LogP contribution in [0.4, 0.5) is 0 Å². The molecule has 0 aromatic rings. The van der Waals surface area contributed by atoms with Gasteiger partial charge in [0.15, 0.2) is 0 Å². The first-order chi connectivity index (χ1) is 34.0. The molecule has 70 heavy (non-hydrogen) atoms. The molecular weight excluding hydrogens is 888 g/mol. The third-order valence-corrected chi connectivity index (χ3v) is 14.2. The SMILES string of the molecule is CC/C=C\C/C=C\C/C=C\C/C=C\C/C=C\CCCCCCCCCCCCCCCC(=O)NC(COP(=O)([O-])OCC[N+](C)(C)C)C(O)CCCCCCCCCCCCCCCCCCCCC. The van der Waals surface area contributed by atoms with Gasteiger partial charge in [0.05, 0.1) is 39.9 Å². The van der Waals surface area contributed by atoms with Crippen molar-refractivity contribution in [1.82, 2.24) is 5.32 Å². The van der Waals surface area contributed by atoms with Crippen LogP contribution in [0.25, 0.3) is 0 Å². The zero-order chi connectivity index (χ0) is 51.3. The van der Waals surface area contributed by atoms with Crippen LogP contribution in [0.3, 0.4) is 0 Å². The third kappa shape index (κ3) is 54.0. The molecule has 0 heterocycles. The summed E-state index contributed by atoms with van der Waals surface area (Å²) in [5, 5.41) is 14.0. The Morgan fingerprint density at radius 1 is 0.514 bits per heavy atom. The largest absolute Gasteiger partial charge is 0.756 e. The lowest BCUT2D eigenvalue weighted by Crippen LogP contribution is -2.46. The topological polar surface area (TPSA) is 108 Å². The van der Waals surface area contributed by atoms with Crippen molar-refractivity contribution in [3.05, 3.63) is 60.8 Å². The Kier molecular flexibility index (Phi) is 50.7. The Bertz CT molecular complexity index is 1320. The fraction of sp³-hybridized carbons (Fsp3) is 0.820. The van der Waals surface area contributed by atoms with Gasteiger partial charge in [0.2, 0.25) is 5.91 Å². The van der Waals surface area contributed by atoms with Crippen LogP contribution in [-0.2, 0) is 18.4 Å². The number of unbranched alkanes of at least 4 members (excludes halogenated alkanes) is 31. The number of quaternary nitrogens is 1. The molecular formula is C61H115N2O6P. The van der Waals surface area contributed by atoms with Crippen molar-refractivity contribution in [3.8, 4) is 0 Å². The molecule has 0 radical (unpaired) electrons. The number of allylic oxidation sites excluding steroid dienone is 10. The highest BCUT2D eigenvalue weighted by Gasteiger charge is 2.24. The van der Waals surface area contributed by atoms with E-state index in [-0.39, 0.29) is 19.1 Å². The van der Waals surface area contributed by atoms with Crippen LogP contribution >= 0.6 is 7.82 Å². The molecule has 0 spiro atoms. The summed E-state index contributed by atoms with van der Waals surface area (Å²) in [6.07, 6.45) is 69.6. The van der Waals surface area contributed by atoms with Crippen molar-refractivity contribution >= 4 is 13.7 Å². The second-order valence-electron chi connectivity index (χ2n) is 21.3. The molecule has 0 aliphatic heterocycles. The van der Waals surface area contributed by atoms with Crippen molar-refractivity contribution in [2.75, 3.05) is 40.9 Å². The van der Waals surface area contributed by atoms with Crippen molar-refractivity contribution in [2.45, 2.75) is 283 Å². The van der Waals surface area contributed by atoms with Gasteiger partial charge in [0.1, 0.15) is 13.2 Å². The molecule has 0 aliphatic rings. The number of nitrogens with one attached hydrogen (secondary N) is 1. The van der Waals surface area contributed by atoms with E-state index in [0.29, 0.717) is 23.9 Å². The number of aliphatic hydroxyl groups excluding tert-OH is 1. The van der Waals surface area contributed by atoms with Crippen molar-refractivity contribution < 1.29 is 32.9 Å². The van der Waals surface area contributed by atoms with Gasteiger partial charge >= 0.3 is 0 Å². The summed E-state index contributed by atoms with van der Waals surface area (Å²) >= 11 is 0. The number of carbonyl (C=O) groups excluding carboxylic acids is 1. The van der Waals surface area contributed by atoms with E-state index in [0.717, 1.165) is 70.6 Å². The second-order valence-corrected chi connectivity index (χ2v) is 22.7. The molecule has 0 rings (SSSR count). The van der Waals surface area contributed by atoms with Gasteiger partial charge in [0.25, 0.3) is 7.82 Å². The van der Waals surface area contributed by atoms with E-state index in [1.165, 1.54) is 173 Å². The number of likely N-dealkylation sites (N-methyl/N-ethyl adjacent to an activating group) is 1. The summed E-state index contributed by atoms with van der Waals surface area (Å²) < 4.78 is 23.4. The van der Waals surface area contributed by atoms with Gasteiger partial charge in [-0.2, -0.15) is 0 Å². The van der Waals surface area contributed by atoms with Crippen LogP contribution < -0.4 is 10.2 Å². The Balaban J connectivity index is 4.13. The van der Waals surface area contributed by atoms with Gasteiger partial charge in [-0.05, 0) is 57.8 Å². The summed E-state index contributed by atoms with van der Waals surface area (Å²) in [6.45, 7) is 4.63. The predicted molar refractivity (Wildman–Crippen MR) is 302 cm³/mol. The third-order valence-electron chi connectivity index (χ3n) is 13.3.